The second kappa shape index (κ2) is 8.00. The van der Waals surface area contributed by atoms with Crippen LogP contribution < -0.4 is 15.5 Å². The smallest absolute Gasteiger partial charge is 0.257 e. The normalized spacial score (nSPS) is 17.6. The highest BCUT2D eigenvalue weighted by atomic mass is 19.1. The van der Waals surface area contributed by atoms with Crippen molar-refractivity contribution in [3.05, 3.63) is 60.0 Å². The fraction of sp³-hybridized carbons (Fsp3) is 0.286. The van der Waals surface area contributed by atoms with E-state index in [9.17, 15) is 9.18 Å². The molecule has 2 aromatic rings. The van der Waals surface area contributed by atoms with Crippen LogP contribution in [0.2, 0.25) is 0 Å². The number of nitrogens with one attached hydrogen (secondary N) is 2. The lowest BCUT2D eigenvalue weighted by Gasteiger charge is -2.21. The molecule has 2 N–H and O–H groups in total. The molecule has 2 aliphatic heterocycles. The summed E-state index contributed by atoms with van der Waals surface area (Å²) in [5, 5.41) is 5.83. The summed E-state index contributed by atoms with van der Waals surface area (Å²) in [6, 6.07) is 12.4. The monoisotopic (exact) mass is 383 g/mol. The molecule has 0 saturated carbocycles. The van der Waals surface area contributed by atoms with Crippen molar-refractivity contribution in [2.24, 2.45) is 0 Å². The number of rotatable bonds is 6. The van der Waals surface area contributed by atoms with Gasteiger partial charge in [-0.25, -0.2) is 4.39 Å². The second-order valence-corrected chi connectivity index (χ2v) is 6.75. The third kappa shape index (κ3) is 3.85. The molecule has 7 heteroatoms. The summed E-state index contributed by atoms with van der Waals surface area (Å²) >= 11 is 0. The van der Waals surface area contributed by atoms with Gasteiger partial charge in [0.2, 0.25) is 0 Å². The molecule has 0 aromatic heterocycles. The van der Waals surface area contributed by atoms with Gasteiger partial charge in [-0.1, -0.05) is 18.2 Å². The van der Waals surface area contributed by atoms with E-state index < -0.39 is 0 Å². The van der Waals surface area contributed by atoms with Gasteiger partial charge < -0.3 is 25.0 Å². The van der Waals surface area contributed by atoms with E-state index in [2.05, 4.69) is 10.6 Å². The Morgan fingerprint density at radius 2 is 2.04 bits per heavy atom. The van der Waals surface area contributed by atoms with Crippen LogP contribution in [-0.4, -0.2) is 39.0 Å². The van der Waals surface area contributed by atoms with Crippen molar-refractivity contribution in [2.75, 3.05) is 42.3 Å². The fourth-order valence-electron chi connectivity index (χ4n) is 3.34. The van der Waals surface area contributed by atoms with Crippen LogP contribution in [-0.2, 0) is 14.3 Å². The SMILES string of the molecule is CN(CCC1OCCO1)c1ccc(NC=C2C(=O)Nc3ccccc32)cc1F. The molecule has 6 nitrogen and oxygen atoms in total. The molecule has 0 unspecified atom stereocenters. The highest BCUT2D eigenvalue weighted by molar-refractivity contribution is 6.31. The number of benzene rings is 2. The largest absolute Gasteiger partial charge is 0.372 e. The Labute approximate surface area is 162 Å². The molecular formula is C21H22FN3O3. The average molecular weight is 383 g/mol. The number of ether oxygens (including phenoxy) is 2. The maximum Gasteiger partial charge on any atom is 0.257 e. The predicted molar refractivity (Wildman–Crippen MR) is 107 cm³/mol. The van der Waals surface area contributed by atoms with Crippen molar-refractivity contribution < 1.29 is 18.7 Å². The molecule has 0 aliphatic carbocycles. The van der Waals surface area contributed by atoms with Gasteiger partial charge in [0.1, 0.15) is 5.82 Å². The number of amides is 1. The summed E-state index contributed by atoms with van der Waals surface area (Å²) in [6.45, 7) is 1.84. The van der Waals surface area contributed by atoms with Gasteiger partial charge in [-0.2, -0.15) is 0 Å². The zero-order valence-electron chi connectivity index (χ0n) is 15.6. The summed E-state index contributed by atoms with van der Waals surface area (Å²) in [4.78, 5) is 14.0. The maximum absolute atomic E-state index is 14.6. The predicted octanol–water partition coefficient (Wildman–Crippen LogP) is 3.43. The number of fused-ring (bicyclic) bond motifs is 1. The molecule has 2 heterocycles. The molecule has 1 amide bonds. The summed E-state index contributed by atoms with van der Waals surface area (Å²) in [5.41, 5.74) is 3.20. The van der Waals surface area contributed by atoms with E-state index >= 15 is 0 Å². The summed E-state index contributed by atoms with van der Waals surface area (Å²) in [5.74, 6) is -0.516. The van der Waals surface area contributed by atoms with Crippen LogP contribution in [0.4, 0.5) is 21.5 Å². The Morgan fingerprint density at radius 3 is 2.82 bits per heavy atom. The highest BCUT2D eigenvalue weighted by Crippen LogP contribution is 2.31. The maximum atomic E-state index is 14.6. The molecule has 146 valence electrons. The first kappa shape index (κ1) is 18.5. The number of halogens is 1. The number of carbonyl (C=O) groups excluding carboxylic acids is 1. The number of nitrogens with zero attached hydrogens (tertiary/aromatic N) is 1. The minimum Gasteiger partial charge on any atom is -0.372 e. The molecule has 0 radical (unpaired) electrons. The van der Waals surface area contributed by atoms with Crippen molar-refractivity contribution in [2.45, 2.75) is 12.7 Å². The number of hydrogen-bond acceptors (Lipinski definition) is 5. The Balaban J connectivity index is 1.42. The van der Waals surface area contributed by atoms with Gasteiger partial charge in [0.15, 0.2) is 6.29 Å². The molecule has 1 fully saturated rings. The number of anilines is 3. The Morgan fingerprint density at radius 1 is 1.25 bits per heavy atom. The Bertz CT molecular complexity index is 910. The van der Waals surface area contributed by atoms with Gasteiger partial charge in [0.25, 0.3) is 5.91 Å². The van der Waals surface area contributed by atoms with E-state index in [0.717, 1.165) is 11.3 Å². The summed E-state index contributed by atoms with van der Waals surface area (Å²) < 4.78 is 25.4. The van der Waals surface area contributed by atoms with Gasteiger partial charge in [0, 0.05) is 43.2 Å². The van der Waals surface area contributed by atoms with Crippen LogP contribution in [0.15, 0.2) is 48.7 Å². The van der Waals surface area contributed by atoms with E-state index in [0.29, 0.717) is 43.1 Å². The van der Waals surface area contributed by atoms with Crippen molar-refractivity contribution in [1.29, 1.82) is 0 Å². The lowest BCUT2D eigenvalue weighted by atomic mass is 10.1. The van der Waals surface area contributed by atoms with Gasteiger partial charge in [-0.05, 0) is 24.3 Å². The average Bonchev–Trinajstić information content (AvgIpc) is 3.31. The molecule has 4 rings (SSSR count). The van der Waals surface area contributed by atoms with Crippen LogP contribution in [0, 0.1) is 5.82 Å². The first-order chi connectivity index (χ1) is 13.6. The first-order valence-electron chi connectivity index (χ1n) is 9.23. The second-order valence-electron chi connectivity index (χ2n) is 6.75. The van der Waals surface area contributed by atoms with E-state index in [1.165, 1.54) is 6.07 Å². The molecule has 2 aliphatic rings. The van der Waals surface area contributed by atoms with Crippen LogP contribution in [0.5, 0.6) is 0 Å². The molecule has 0 spiro atoms. The number of carbonyl (C=O) groups is 1. The van der Waals surface area contributed by atoms with Crippen LogP contribution in [0.3, 0.4) is 0 Å². The molecule has 0 bridgehead atoms. The highest BCUT2D eigenvalue weighted by Gasteiger charge is 2.23. The Hall–Kier alpha value is -2.90. The van der Waals surface area contributed by atoms with Crippen molar-refractivity contribution in [3.8, 4) is 0 Å². The van der Waals surface area contributed by atoms with Crippen molar-refractivity contribution in [1.82, 2.24) is 0 Å². The minimum absolute atomic E-state index is 0.179. The lowest BCUT2D eigenvalue weighted by Crippen LogP contribution is -2.24. The number of hydrogen-bond donors (Lipinski definition) is 2. The fourth-order valence-corrected chi connectivity index (χ4v) is 3.34. The van der Waals surface area contributed by atoms with Gasteiger partial charge in [-0.3, -0.25) is 4.79 Å². The van der Waals surface area contributed by atoms with Gasteiger partial charge >= 0.3 is 0 Å². The van der Waals surface area contributed by atoms with Crippen LogP contribution >= 0.6 is 0 Å². The topological polar surface area (TPSA) is 62.8 Å². The van der Waals surface area contributed by atoms with Crippen LogP contribution in [0.25, 0.3) is 5.57 Å². The molecule has 0 atom stereocenters. The summed E-state index contributed by atoms with van der Waals surface area (Å²) in [6.07, 6.45) is 2.07. The lowest BCUT2D eigenvalue weighted by molar-refractivity contribution is -0.110. The zero-order chi connectivity index (χ0) is 19.5. The standard InChI is InChI=1S/C21H22FN3O3/c1-25(9-8-20-27-10-11-28-20)19-7-6-14(12-17(19)22)23-13-16-15-4-2-3-5-18(15)24-21(16)26/h2-7,12-13,20,23H,8-11H2,1H3,(H,24,26). The van der Waals surface area contributed by atoms with Crippen LogP contribution in [0.1, 0.15) is 12.0 Å². The summed E-state index contributed by atoms with van der Waals surface area (Å²) in [7, 11) is 1.84. The third-order valence-corrected chi connectivity index (χ3v) is 4.84. The van der Waals surface area contributed by atoms with E-state index in [1.54, 1.807) is 18.3 Å². The third-order valence-electron chi connectivity index (χ3n) is 4.84. The van der Waals surface area contributed by atoms with Gasteiger partial charge in [-0.15, -0.1) is 0 Å². The molecule has 1 saturated heterocycles. The quantitative estimate of drug-likeness (QED) is 0.749. The molecular weight excluding hydrogens is 361 g/mol. The van der Waals surface area contributed by atoms with Gasteiger partial charge in [0.05, 0.1) is 24.5 Å². The Kier molecular flexibility index (Phi) is 5.27. The van der Waals surface area contributed by atoms with E-state index in [-0.39, 0.29) is 18.0 Å². The van der Waals surface area contributed by atoms with Crippen molar-refractivity contribution >= 4 is 28.5 Å². The molecule has 28 heavy (non-hydrogen) atoms. The molecule has 2 aromatic carbocycles. The van der Waals surface area contributed by atoms with E-state index in [1.807, 2.05) is 36.2 Å². The zero-order valence-corrected chi connectivity index (χ0v) is 15.6. The van der Waals surface area contributed by atoms with Crippen molar-refractivity contribution in [3.63, 3.8) is 0 Å². The first-order valence-corrected chi connectivity index (χ1v) is 9.23. The number of para-hydroxylation sites is 1. The van der Waals surface area contributed by atoms with E-state index in [4.69, 9.17) is 9.47 Å². The minimum atomic E-state index is -0.338.